The molecule has 2 amide bonds. The van der Waals surface area contributed by atoms with Gasteiger partial charge in [0.1, 0.15) is 11.6 Å². The number of halogens is 2. The first-order valence-corrected chi connectivity index (χ1v) is 7.99. The van der Waals surface area contributed by atoms with E-state index < -0.39 is 5.82 Å². The third-order valence-electron chi connectivity index (χ3n) is 4.57. The fourth-order valence-corrected chi connectivity index (χ4v) is 3.64. The van der Waals surface area contributed by atoms with E-state index in [4.69, 9.17) is 11.6 Å². The number of amides is 2. The van der Waals surface area contributed by atoms with Gasteiger partial charge < -0.3 is 10.2 Å². The van der Waals surface area contributed by atoms with Crippen molar-refractivity contribution in [1.29, 1.82) is 0 Å². The molecule has 1 heterocycles. The first kappa shape index (κ1) is 15.3. The van der Waals surface area contributed by atoms with Crippen LogP contribution in [0, 0.1) is 11.7 Å². The van der Waals surface area contributed by atoms with E-state index in [1.807, 2.05) is 0 Å². The van der Waals surface area contributed by atoms with Gasteiger partial charge in [0, 0.05) is 30.6 Å². The van der Waals surface area contributed by atoms with E-state index in [-0.39, 0.29) is 28.8 Å². The normalized spacial score (nSPS) is 24.8. The van der Waals surface area contributed by atoms with Crippen LogP contribution in [0.1, 0.15) is 32.1 Å². The summed E-state index contributed by atoms with van der Waals surface area (Å²) in [6.45, 7) is 0.445. The van der Waals surface area contributed by atoms with Crippen molar-refractivity contribution in [2.45, 2.75) is 38.1 Å². The van der Waals surface area contributed by atoms with Crippen LogP contribution in [0.15, 0.2) is 18.2 Å². The van der Waals surface area contributed by atoms with Gasteiger partial charge in [-0.2, -0.15) is 0 Å². The van der Waals surface area contributed by atoms with Crippen LogP contribution in [0.2, 0.25) is 5.02 Å². The molecule has 6 heteroatoms. The summed E-state index contributed by atoms with van der Waals surface area (Å²) in [6.07, 6.45) is 4.25. The minimum atomic E-state index is -0.518. The van der Waals surface area contributed by atoms with E-state index in [0.29, 0.717) is 18.7 Å². The number of nitrogens with one attached hydrogen (secondary N) is 1. The highest BCUT2D eigenvalue weighted by Crippen LogP contribution is 2.33. The van der Waals surface area contributed by atoms with Gasteiger partial charge in [-0.25, -0.2) is 9.18 Å². The number of urea groups is 1. The quantitative estimate of drug-likeness (QED) is 0.853. The topological polar surface area (TPSA) is 49.4 Å². The summed E-state index contributed by atoms with van der Waals surface area (Å²) in [5, 5.41) is 2.73. The molecule has 1 aliphatic carbocycles. The maximum absolute atomic E-state index is 13.2. The van der Waals surface area contributed by atoms with Crippen molar-refractivity contribution < 1.29 is 14.0 Å². The van der Waals surface area contributed by atoms with Crippen molar-refractivity contribution in [2.24, 2.45) is 5.92 Å². The summed E-state index contributed by atoms with van der Waals surface area (Å²) in [6, 6.07) is 3.84. The number of Topliss-reactive ketones (excluding diaryl/α,β-unsaturated/α-hetero) is 1. The number of piperidine rings is 1. The van der Waals surface area contributed by atoms with Gasteiger partial charge in [-0.15, -0.1) is 0 Å². The molecule has 1 aromatic rings. The van der Waals surface area contributed by atoms with Crippen LogP contribution in [0.4, 0.5) is 14.9 Å². The minimum absolute atomic E-state index is 0.00841. The molecule has 1 saturated heterocycles. The zero-order valence-electron chi connectivity index (χ0n) is 12.1. The van der Waals surface area contributed by atoms with Crippen molar-refractivity contribution in [3.05, 3.63) is 29.0 Å². The number of hydrogen-bond acceptors (Lipinski definition) is 2. The summed E-state index contributed by atoms with van der Waals surface area (Å²) >= 11 is 5.73. The monoisotopic (exact) mass is 324 g/mol. The van der Waals surface area contributed by atoms with Crippen LogP contribution in [-0.4, -0.2) is 29.3 Å². The number of carbonyl (C=O) groups is 2. The number of carbonyl (C=O) groups excluding carboxylic acids is 2. The first-order chi connectivity index (χ1) is 10.6. The highest BCUT2D eigenvalue weighted by atomic mass is 35.5. The Hall–Kier alpha value is -1.62. The summed E-state index contributed by atoms with van der Waals surface area (Å²) in [5.74, 6) is -0.265. The molecular weight excluding hydrogens is 307 g/mol. The Morgan fingerprint density at radius 3 is 2.86 bits per heavy atom. The number of ketones is 1. The van der Waals surface area contributed by atoms with E-state index in [9.17, 15) is 14.0 Å². The Morgan fingerprint density at radius 1 is 1.32 bits per heavy atom. The minimum Gasteiger partial charge on any atom is -0.320 e. The summed E-state index contributed by atoms with van der Waals surface area (Å²) in [4.78, 5) is 26.3. The van der Waals surface area contributed by atoms with Crippen LogP contribution in [-0.2, 0) is 4.79 Å². The predicted molar refractivity (Wildman–Crippen MR) is 82.5 cm³/mol. The summed E-state index contributed by atoms with van der Waals surface area (Å²) < 4.78 is 13.2. The average Bonchev–Trinajstić information content (AvgIpc) is 2.51. The van der Waals surface area contributed by atoms with Gasteiger partial charge in [0.05, 0.1) is 5.02 Å². The summed E-state index contributed by atoms with van der Waals surface area (Å²) in [5.41, 5.74) is 0.459. The molecule has 4 nitrogen and oxygen atoms in total. The highest BCUT2D eigenvalue weighted by molar-refractivity contribution is 6.31. The lowest BCUT2D eigenvalue weighted by molar-refractivity contribution is -0.129. The number of nitrogens with zero attached hydrogens (tertiary/aromatic N) is 1. The van der Waals surface area contributed by atoms with Crippen LogP contribution in [0.25, 0.3) is 0 Å². The maximum Gasteiger partial charge on any atom is 0.322 e. The molecule has 2 atom stereocenters. The molecule has 1 saturated carbocycles. The van der Waals surface area contributed by atoms with Crippen LogP contribution >= 0.6 is 11.6 Å². The standard InChI is InChI=1S/C16H18ClFN2O2/c17-12-9-10(5-6-13(12)18)19-16(22)20-8-7-15(21)11-3-1-2-4-14(11)20/h5-6,9,11,14H,1-4,7-8H2,(H,19,22)/t11-,14-/m0/s1. The Balaban J connectivity index is 1.73. The van der Waals surface area contributed by atoms with Gasteiger partial charge in [-0.1, -0.05) is 24.4 Å². The third-order valence-corrected chi connectivity index (χ3v) is 4.86. The second-order valence-electron chi connectivity index (χ2n) is 5.93. The van der Waals surface area contributed by atoms with Crippen molar-refractivity contribution in [3.63, 3.8) is 0 Å². The Morgan fingerprint density at radius 2 is 2.09 bits per heavy atom. The van der Waals surface area contributed by atoms with E-state index in [0.717, 1.165) is 25.7 Å². The van der Waals surface area contributed by atoms with Gasteiger partial charge in [-0.05, 0) is 31.0 Å². The largest absolute Gasteiger partial charge is 0.322 e. The molecular formula is C16H18ClFN2O2. The van der Waals surface area contributed by atoms with Crippen molar-refractivity contribution >= 4 is 29.1 Å². The smallest absolute Gasteiger partial charge is 0.320 e. The Labute approximate surface area is 133 Å². The van der Waals surface area contributed by atoms with Crippen LogP contribution < -0.4 is 5.32 Å². The fraction of sp³-hybridized carbons (Fsp3) is 0.500. The lowest BCUT2D eigenvalue weighted by atomic mass is 9.77. The molecule has 1 aliphatic heterocycles. The van der Waals surface area contributed by atoms with Crippen LogP contribution in [0.5, 0.6) is 0 Å². The van der Waals surface area contributed by atoms with Crippen LogP contribution in [0.3, 0.4) is 0 Å². The molecule has 0 aromatic heterocycles. The van der Waals surface area contributed by atoms with Gasteiger partial charge >= 0.3 is 6.03 Å². The fourth-order valence-electron chi connectivity index (χ4n) is 3.46. The molecule has 118 valence electrons. The van der Waals surface area contributed by atoms with E-state index in [1.54, 1.807) is 4.90 Å². The zero-order valence-corrected chi connectivity index (χ0v) is 12.9. The number of anilines is 1. The van der Waals surface area contributed by atoms with E-state index in [2.05, 4.69) is 5.32 Å². The summed E-state index contributed by atoms with van der Waals surface area (Å²) in [7, 11) is 0. The lowest BCUT2D eigenvalue weighted by Gasteiger charge is -2.42. The second kappa shape index (κ2) is 6.24. The third kappa shape index (κ3) is 2.95. The molecule has 3 rings (SSSR count). The number of fused-ring (bicyclic) bond motifs is 1. The van der Waals surface area contributed by atoms with Crippen molar-refractivity contribution in [3.8, 4) is 0 Å². The Bertz CT molecular complexity index is 608. The molecule has 2 aliphatic rings. The SMILES string of the molecule is O=C1CCN(C(=O)Nc2ccc(F)c(Cl)c2)[C@H]2CCCC[C@H]12. The molecule has 0 spiro atoms. The number of rotatable bonds is 1. The average molecular weight is 325 g/mol. The van der Waals surface area contributed by atoms with Crippen molar-refractivity contribution in [1.82, 2.24) is 4.90 Å². The van der Waals surface area contributed by atoms with Gasteiger partial charge in [0.15, 0.2) is 0 Å². The number of benzene rings is 1. The molecule has 0 radical (unpaired) electrons. The van der Waals surface area contributed by atoms with Gasteiger partial charge in [0.2, 0.25) is 0 Å². The molecule has 22 heavy (non-hydrogen) atoms. The molecule has 1 aromatic carbocycles. The predicted octanol–water partition coefficient (Wildman–Crippen LogP) is 3.84. The molecule has 0 unspecified atom stereocenters. The Kier molecular flexibility index (Phi) is 4.34. The lowest BCUT2D eigenvalue weighted by Crippen LogP contribution is -2.54. The molecule has 2 fully saturated rings. The van der Waals surface area contributed by atoms with Crippen molar-refractivity contribution in [2.75, 3.05) is 11.9 Å². The van der Waals surface area contributed by atoms with Gasteiger partial charge in [-0.3, -0.25) is 4.79 Å². The second-order valence-corrected chi connectivity index (χ2v) is 6.33. The first-order valence-electron chi connectivity index (χ1n) is 7.61. The van der Waals surface area contributed by atoms with E-state index >= 15 is 0 Å². The maximum atomic E-state index is 13.2. The zero-order chi connectivity index (χ0) is 15.7. The molecule has 0 bridgehead atoms. The molecule has 1 N–H and O–H groups in total. The highest BCUT2D eigenvalue weighted by Gasteiger charge is 2.40. The van der Waals surface area contributed by atoms with Gasteiger partial charge in [0.25, 0.3) is 0 Å². The number of likely N-dealkylation sites (tertiary alicyclic amines) is 1. The van der Waals surface area contributed by atoms with E-state index in [1.165, 1.54) is 18.2 Å². The number of hydrogen-bond donors (Lipinski definition) is 1.